The molecule has 0 amide bonds. The first-order chi connectivity index (χ1) is 13.6. The minimum atomic E-state index is -0.403. The summed E-state index contributed by atoms with van der Waals surface area (Å²) in [7, 11) is 0. The molecule has 136 valence electrons. The molecular formula is C24H17NO3. The lowest BCUT2D eigenvalue weighted by Crippen LogP contribution is -2.03. The van der Waals surface area contributed by atoms with Crippen molar-refractivity contribution in [2.75, 3.05) is 0 Å². The first-order valence-corrected chi connectivity index (χ1v) is 9.06. The highest BCUT2D eigenvalue weighted by molar-refractivity contribution is 6.19. The molecule has 0 bridgehead atoms. The van der Waals surface area contributed by atoms with E-state index in [1.54, 1.807) is 12.1 Å². The van der Waals surface area contributed by atoms with Gasteiger partial charge in [0.2, 0.25) is 0 Å². The van der Waals surface area contributed by atoms with Crippen molar-refractivity contribution in [3.05, 3.63) is 72.8 Å². The van der Waals surface area contributed by atoms with Crippen LogP contribution >= 0.6 is 0 Å². The number of carbonyl (C=O) groups excluding carboxylic acids is 1. The standard InChI is InChI=1S/C24H17NO3/c1-14(26)28-21-13-11-19-22(17-8-4-5-9-18(17)25-19)24(21)23-16-7-3-2-6-15(16)10-12-20(23)27/h2-13,25,27H,1H3. The van der Waals surface area contributed by atoms with Crippen LogP contribution in [0.1, 0.15) is 6.92 Å². The molecule has 4 aromatic carbocycles. The Morgan fingerprint density at radius 3 is 2.39 bits per heavy atom. The Bertz CT molecular complexity index is 1380. The van der Waals surface area contributed by atoms with E-state index in [1.165, 1.54) is 6.92 Å². The Morgan fingerprint density at radius 1 is 0.821 bits per heavy atom. The van der Waals surface area contributed by atoms with Crippen molar-refractivity contribution in [1.29, 1.82) is 0 Å². The number of hydrogen-bond donors (Lipinski definition) is 2. The third-order valence-electron chi connectivity index (χ3n) is 5.04. The number of aromatic nitrogens is 1. The number of hydrogen-bond acceptors (Lipinski definition) is 3. The van der Waals surface area contributed by atoms with Gasteiger partial charge >= 0.3 is 5.97 Å². The predicted octanol–water partition coefficient (Wildman–Crippen LogP) is 5.77. The lowest BCUT2D eigenvalue weighted by molar-refractivity contribution is -0.131. The van der Waals surface area contributed by atoms with Crippen LogP contribution in [0.4, 0.5) is 0 Å². The average molecular weight is 367 g/mol. The summed E-state index contributed by atoms with van der Waals surface area (Å²) in [6.45, 7) is 1.38. The van der Waals surface area contributed by atoms with Crippen molar-refractivity contribution in [1.82, 2.24) is 4.98 Å². The van der Waals surface area contributed by atoms with Crippen LogP contribution < -0.4 is 4.74 Å². The van der Waals surface area contributed by atoms with Gasteiger partial charge in [0.05, 0.1) is 0 Å². The third-order valence-corrected chi connectivity index (χ3v) is 5.04. The Morgan fingerprint density at radius 2 is 1.57 bits per heavy atom. The summed E-state index contributed by atoms with van der Waals surface area (Å²) >= 11 is 0. The van der Waals surface area contributed by atoms with Gasteiger partial charge in [-0.25, -0.2) is 0 Å². The third kappa shape index (κ3) is 2.42. The number of aromatic hydroxyl groups is 1. The molecule has 5 rings (SSSR count). The average Bonchev–Trinajstić information content (AvgIpc) is 3.07. The summed E-state index contributed by atoms with van der Waals surface area (Å²) in [5.41, 5.74) is 3.27. The second-order valence-corrected chi connectivity index (χ2v) is 6.81. The summed E-state index contributed by atoms with van der Waals surface area (Å²) < 4.78 is 5.57. The Kier molecular flexibility index (Phi) is 3.59. The van der Waals surface area contributed by atoms with Crippen LogP contribution in [0.2, 0.25) is 0 Å². The van der Waals surface area contributed by atoms with Gasteiger partial charge < -0.3 is 14.8 Å². The van der Waals surface area contributed by atoms with Crippen LogP contribution in [-0.2, 0) is 4.79 Å². The Labute approximate surface area is 161 Å². The Hall–Kier alpha value is -3.79. The summed E-state index contributed by atoms with van der Waals surface area (Å²) in [6.07, 6.45) is 0. The normalized spacial score (nSPS) is 11.3. The minimum Gasteiger partial charge on any atom is -0.507 e. The molecular weight excluding hydrogens is 350 g/mol. The molecule has 0 saturated carbocycles. The number of esters is 1. The number of nitrogens with one attached hydrogen (secondary N) is 1. The van der Waals surface area contributed by atoms with Crippen LogP contribution in [0.15, 0.2) is 72.8 Å². The van der Waals surface area contributed by atoms with Gasteiger partial charge in [-0.05, 0) is 35.0 Å². The van der Waals surface area contributed by atoms with Gasteiger partial charge in [-0.3, -0.25) is 4.79 Å². The van der Waals surface area contributed by atoms with Crippen molar-refractivity contribution < 1.29 is 14.6 Å². The smallest absolute Gasteiger partial charge is 0.308 e. The van der Waals surface area contributed by atoms with Crippen molar-refractivity contribution in [3.63, 3.8) is 0 Å². The maximum Gasteiger partial charge on any atom is 0.308 e. The number of benzene rings is 4. The molecule has 0 aliphatic heterocycles. The first-order valence-electron chi connectivity index (χ1n) is 9.06. The molecule has 1 aromatic heterocycles. The summed E-state index contributed by atoms with van der Waals surface area (Å²) in [6, 6.07) is 23.1. The van der Waals surface area contributed by atoms with Gasteiger partial charge in [-0.1, -0.05) is 48.5 Å². The number of ether oxygens (including phenoxy) is 1. The fourth-order valence-electron chi connectivity index (χ4n) is 3.93. The van der Waals surface area contributed by atoms with E-state index in [0.29, 0.717) is 16.9 Å². The molecule has 0 fully saturated rings. The van der Waals surface area contributed by atoms with E-state index in [-0.39, 0.29) is 5.75 Å². The number of phenols is 1. The molecule has 4 nitrogen and oxygen atoms in total. The van der Waals surface area contributed by atoms with Gasteiger partial charge in [0.1, 0.15) is 11.5 Å². The number of phenolic OH excluding ortho intramolecular Hbond substituents is 1. The highest BCUT2D eigenvalue weighted by atomic mass is 16.5. The van der Waals surface area contributed by atoms with Gasteiger partial charge in [0, 0.05) is 39.9 Å². The second kappa shape index (κ2) is 6.13. The van der Waals surface area contributed by atoms with E-state index >= 15 is 0 Å². The predicted molar refractivity (Wildman–Crippen MR) is 112 cm³/mol. The van der Waals surface area contributed by atoms with Gasteiger partial charge in [0.15, 0.2) is 0 Å². The molecule has 2 N–H and O–H groups in total. The maximum atomic E-state index is 11.8. The van der Waals surface area contributed by atoms with Gasteiger partial charge in [-0.15, -0.1) is 0 Å². The zero-order chi connectivity index (χ0) is 19.3. The summed E-state index contributed by atoms with van der Waals surface area (Å²) in [5, 5.41) is 14.7. The van der Waals surface area contributed by atoms with Crippen LogP contribution in [0.25, 0.3) is 43.7 Å². The van der Waals surface area contributed by atoms with E-state index in [2.05, 4.69) is 4.98 Å². The summed E-state index contributed by atoms with van der Waals surface area (Å²) in [5.74, 6) is 0.168. The largest absolute Gasteiger partial charge is 0.507 e. The second-order valence-electron chi connectivity index (χ2n) is 6.81. The van der Waals surface area contributed by atoms with Gasteiger partial charge in [0.25, 0.3) is 0 Å². The maximum absolute atomic E-state index is 11.8. The molecule has 5 aromatic rings. The number of fused-ring (bicyclic) bond motifs is 4. The van der Waals surface area contributed by atoms with E-state index in [9.17, 15) is 9.90 Å². The molecule has 0 unspecified atom stereocenters. The first kappa shape index (κ1) is 16.4. The molecule has 0 radical (unpaired) electrons. The zero-order valence-corrected chi connectivity index (χ0v) is 15.2. The quantitative estimate of drug-likeness (QED) is 0.307. The Balaban J connectivity index is 2.01. The number of H-pyrrole nitrogens is 1. The van der Waals surface area contributed by atoms with E-state index < -0.39 is 5.97 Å². The highest BCUT2D eigenvalue weighted by Crippen LogP contribution is 2.46. The van der Waals surface area contributed by atoms with E-state index in [0.717, 1.165) is 32.6 Å². The van der Waals surface area contributed by atoms with Crippen molar-refractivity contribution >= 4 is 38.5 Å². The molecule has 4 heteroatoms. The van der Waals surface area contributed by atoms with Crippen LogP contribution in [0, 0.1) is 0 Å². The lowest BCUT2D eigenvalue weighted by Gasteiger charge is -2.15. The number of carbonyl (C=O) groups is 1. The molecule has 28 heavy (non-hydrogen) atoms. The van der Waals surface area contributed by atoms with E-state index in [1.807, 2.05) is 60.7 Å². The SMILES string of the molecule is CC(=O)Oc1ccc2[nH]c3ccccc3c2c1-c1c(O)ccc2ccccc12. The number of para-hydroxylation sites is 1. The van der Waals surface area contributed by atoms with E-state index in [4.69, 9.17) is 4.74 Å². The topological polar surface area (TPSA) is 62.3 Å². The monoisotopic (exact) mass is 367 g/mol. The fraction of sp³-hybridized carbons (Fsp3) is 0.0417. The molecule has 0 spiro atoms. The van der Waals surface area contributed by atoms with Crippen molar-refractivity contribution in [2.24, 2.45) is 0 Å². The van der Waals surface area contributed by atoms with Crippen LogP contribution in [0.5, 0.6) is 11.5 Å². The zero-order valence-electron chi connectivity index (χ0n) is 15.2. The molecule has 0 atom stereocenters. The highest BCUT2D eigenvalue weighted by Gasteiger charge is 2.21. The van der Waals surface area contributed by atoms with Crippen molar-refractivity contribution in [2.45, 2.75) is 6.92 Å². The van der Waals surface area contributed by atoms with Crippen LogP contribution in [-0.4, -0.2) is 16.1 Å². The molecule has 0 aliphatic carbocycles. The van der Waals surface area contributed by atoms with Gasteiger partial charge in [-0.2, -0.15) is 0 Å². The summed E-state index contributed by atoms with van der Waals surface area (Å²) in [4.78, 5) is 15.2. The number of rotatable bonds is 2. The fourth-order valence-corrected chi connectivity index (χ4v) is 3.93. The molecule has 1 heterocycles. The van der Waals surface area contributed by atoms with Crippen molar-refractivity contribution in [3.8, 4) is 22.6 Å². The minimum absolute atomic E-state index is 0.143. The molecule has 0 aliphatic rings. The lowest BCUT2D eigenvalue weighted by atomic mass is 9.93. The number of aromatic amines is 1. The molecule has 0 saturated heterocycles. The van der Waals surface area contributed by atoms with Crippen LogP contribution in [0.3, 0.4) is 0 Å².